The summed E-state index contributed by atoms with van der Waals surface area (Å²) in [5.41, 5.74) is 0.283. The molecule has 0 aliphatic heterocycles. The Kier molecular flexibility index (Phi) is 9.68. The monoisotopic (exact) mass is 321 g/mol. The van der Waals surface area contributed by atoms with E-state index in [2.05, 4.69) is 18.8 Å². The maximum Gasteiger partial charge on any atom is 0.356 e. The molecular weight excluding hydrogens is 294 g/mol. The lowest BCUT2D eigenvalue weighted by molar-refractivity contribution is 0.0482. The standard InChI is InChI=1S/C18H27NO4/c1-3-5-7-9-14-23-18(21)16-12-10-11-15(19-16)17(20)22-13-8-6-4-2/h10-12H,3-9,13-14H2,1-2H3. The number of carbonyl (C=O) groups is 2. The molecule has 0 N–H and O–H groups in total. The second kappa shape index (κ2) is 11.6. The van der Waals surface area contributed by atoms with Gasteiger partial charge < -0.3 is 9.47 Å². The quantitative estimate of drug-likeness (QED) is 0.452. The van der Waals surface area contributed by atoms with E-state index in [0.717, 1.165) is 44.9 Å². The van der Waals surface area contributed by atoms with Crippen LogP contribution in [0, 0.1) is 0 Å². The molecule has 5 heteroatoms. The van der Waals surface area contributed by atoms with Crippen LogP contribution < -0.4 is 0 Å². The zero-order chi connectivity index (χ0) is 16.9. The molecule has 0 saturated heterocycles. The van der Waals surface area contributed by atoms with Crippen LogP contribution in [0.5, 0.6) is 0 Å². The highest BCUT2D eigenvalue weighted by molar-refractivity contribution is 5.91. The van der Waals surface area contributed by atoms with E-state index in [1.807, 2.05) is 0 Å². The van der Waals surface area contributed by atoms with Crippen LogP contribution in [-0.2, 0) is 9.47 Å². The summed E-state index contributed by atoms with van der Waals surface area (Å²) >= 11 is 0. The van der Waals surface area contributed by atoms with E-state index >= 15 is 0 Å². The predicted octanol–water partition coefficient (Wildman–Crippen LogP) is 4.17. The molecule has 1 heterocycles. The van der Waals surface area contributed by atoms with Gasteiger partial charge in [0.1, 0.15) is 11.4 Å². The lowest BCUT2D eigenvalue weighted by atomic mass is 10.2. The van der Waals surface area contributed by atoms with Gasteiger partial charge in [-0.1, -0.05) is 52.0 Å². The molecule has 0 saturated carbocycles. The number of unbranched alkanes of at least 4 members (excludes halogenated alkanes) is 5. The Bertz CT molecular complexity index is 488. The second-order valence-corrected chi connectivity index (χ2v) is 5.45. The number of hydrogen-bond donors (Lipinski definition) is 0. The summed E-state index contributed by atoms with van der Waals surface area (Å²) in [7, 11) is 0. The fraction of sp³-hybridized carbons (Fsp3) is 0.611. The predicted molar refractivity (Wildman–Crippen MR) is 88.5 cm³/mol. The summed E-state index contributed by atoms with van der Waals surface area (Å²) in [6.45, 7) is 4.97. The first-order chi connectivity index (χ1) is 11.2. The SMILES string of the molecule is CCCCCCOC(=O)c1cccc(C(=O)OCCCCC)n1. The molecule has 0 aliphatic carbocycles. The first-order valence-corrected chi connectivity index (χ1v) is 8.50. The first-order valence-electron chi connectivity index (χ1n) is 8.50. The Morgan fingerprint density at radius 2 is 1.30 bits per heavy atom. The molecule has 1 aromatic rings. The number of aromatic nitrogens is 1. The molecule has 0 fully saturated rings. The Morgan fingerprint density at radius 3 is 1.83 bits per heavy atom. The third kappa shape index (κ3) is 7.77. The minimum atomic E-state index is -0.501. The van der Waals surface area contributed by atoms with Gasteiger partial charge >= 0.3 is 11.9 Å². The average Bonchev–Trinajstić information content (AvgIpc) is 2.58. The summed E-state index contributed by atoms with van der Waals surface area (Å²) in [6, 6.07) is 4.70. The van der Waals surface area contributed by atoms with Gasteiger partial charge in [0.15, 0.2) is 0 Å². The van der Waals surface area contributed by atoms with Gasteiger partial charge in [-0.15, -0.1) is 0 Å². The van der Waals surface area contributed by atoms with Crippen molar-refractivity contribution in [2.75, 3.05) is 13.2 Å². The van der Waals surface area contributed by atoms with Crippen LogP contribution in [0.4, 0.5) is 0 Å². The molecule has 0 aliphatic rings. The van der Waals surface area contributed by atoms with E-state index in [9.17, 15) is 9.59 Å². The highest BCUT2D eigenvalue weighted by Crippen LogP contribution is 2.06. The zero-order valence-corrected chi connectivity index (χ0v) is 14.2. The summed E-state index contributed by atoms with van der Waals surface area (Å²) in [5, 5.41) is 0. The van der Waals surface area contributed by atoms with E-state index in [0.29, 0.717) is 13.2 Å². The number of rotatable bonds is 11. The van der Waals surface area contributed by atoms with Crippen molar-refractivity contribution >= 4 is 11.9 Å². The molecule has 0 atom stereocenters. The molecule has 23 heavy (non-hydrogen) atoms. The second-order valence-electron chi connectivity index (χ2n) is 5.45. The lowest BCUT2D eigenvalue weighted by Crippen LogP contribution is -2.13. The molecule has 0 amide bonds. The van der Waals surface area contributed by atoms with Gasteiger partial charge in [0.2, 0.25) is 0 Å². The van der Waals surface area contributed by atoms with Crippen LogP contribution in [0.3, 0.4) is 0 Å². The molecular formula is C18H27NO4. The molecule has 0 unspecified atom stereocenters. The number of nitrogens with zero attached hydrogens (tertiary/aromatic N) is 1. The fourth-order valence-corrected chi connectivity index (χ4v) is 2.02. The van der Waals surface area contributed by atoms with Gasteiger partial charge in [-0.05, 0) is 25.0 Å². The summed E-state index contributed by atoms with van der Waals surface area (Å²) in [6.07, 6.45) is 7.08. The number of pyridine rings is 1. The largest absolute Gasteiger partial charge is 0.461 e. The van der Waals surface area contributed by atoms with Gasteiger partial charge in [0, 0.05) is 0 Å². The summed E-state index contributed by atoms with van der Waals surface area (Å²) in [4.78, 5) is 27.8. The van der Waals surface area contributed by atoms with Gasteiger partial charge in [-0.2, -0.15) is 0 Å². The zero-order valence-electron chi connectivity index (χ0n) is 14.2. The van der Waals surface area contributed by atoms with Crippen LogP contribution in [0.25, 0.3) is 0 Å². The molecule has 128 valence electrons. The van der Waals surface area contributed by atoms with Gasteiger partial charge in [-0.25, -0.2) is 14.6 Å². The van der Waals surface area contributed by atoms with Crippen molar-refractivity contribution in [3.63, 3.8) is 0 Å². The average molecular weight is 321 g/mol. The Hall–Kier alpha value is -1.91. The van der Waals surface area contributed by atoms with Crippen molar-refractivity contribution in [2.24, 2.45) is 0 Å². The molecule has 0 spiro atoms. The molecule has 1 aromatic heterocycles. The molecule has 1 rings (SSSR count). The van der Waals surface area contributed by atoms with Crippen molar-refractivity contribution in [3.05, 3.63) is 29.6 Å². The maximum atomic E-state index is 11.9. The summed E-state index contributed by atoms with van der Waals surface area (Å²) < 4.78 is 10.3. The Balaban J connectivity index is 2.45. The Labute approximate surface area is 138 Å². The van der Waals surface area contributed by atoms with Crippen LogP contribution in [0.15, 0.2) is 18.2 Å². The third-order valence-corrected chi connectivity index (χ3v) is 3.38. The van der Waals surface area contributed by atoms with E-state index in [-0.39, 0.29) is 11.4 Å². The molecule has 0 radical (unpaired) electrons. The smallest absolute Gasteiger partial charge is 0.356 e. The highest BCUT2D eigenvalue weighted by Gasteiger charge is 2.14. The number of hydrogen-bond acceptors (Lipinski definition) is 5. The minimum Gasteiger partial charge on any atom is -0.461 e. The van der Waals surface area contributed by atoms with Gasteiger partial charge in [0.05, 0.1) is 13.2 Å². The van der Waals surface area contributed by atoms with Crippen LogP contribution >= 0.6 is 0 Å². The van der Waals surface area contributed by atoms with Gasteiger partial charge in [0.25, 0.3) is 0 Å². The van der Waals surface area contributed by atoms with Crippen molar-refractivity contribution in [3.8, 4) is 0 Å². The third-order valence-electron chi connectivity index (χ3n) is 3.38. The topological polar surface area (TPSA) is 65.5 Å². The van der Waals surface area contributed by atoms with Gasteiger partial charge in [-0.3, -0.25) is 0 Å². The van der Waals surface area contributed by atoms with Crippen LogP contribution in [-0.4, -0.2) is 30.1 Å². The normalized spacial score (nSPS) is 10.3. The van der Waals surface area contributed by atoms with E-state index in [1.54, 1.807) is 18.2 Å². The number of esters is 2. The summed E-state index contributed by atoms with van der Waals surface area (Å²) in [5.74, 6) is -0.999. The first kappa shape index (κ1) is 19.1. The lowest BCUT2D eigenvalue weighted by Gasteiger charge is -2.06. The maximum absolute atomic E-state index is 11.9. The van der Waals surface area contributed by atoms with E-state index < -0.39 is 11.9 Å². The van der Waals surface area contributed by atoms with Crippen molar-refractivity contribution < 1.29 is 19.1 Å². The van der Waals surface area contributed by atoms with Crippen molar-refractivity contribution in [2.45, 2.75) is 58.8 Å². The molecule has 0 aromatic carbocycles. The molecule has 0 bridgehead atoms. The van der Waals surface area contributed by atoms with E-state index in [4.69, 9.17) is 9.47 Å². The van der Waals surface area contributed by atoms with Crippen LogP contribution in [0.1, 0.15) is 79.8 Å². The minimum absolute atomic E-state index is 0.141. The number of carbonyl (C=O) groups excluding carboxylic acids is 2. The fourth-order valence-electron chi connectivity index (χ4n) is 2.02. The van der Waals surface area contributed by atoms with Crippen molar-refractivity contribution in [1.82, 2.24) is 4.98 Å². The number of ether oxygens (including phenoxy) is 2. The van der Waals surface area contributed by atoms with Crippen LogP contribution in [0.2, 0.25) is 0 Å². The van der Waals surface area contributed by atoms with Crippen molar-refractivity contribution in [1.29, 1.82) is 0 Å². The molecule has 5 nitrogen and oxygen atoms in total. The van der Waals surface area contributed by atoms with E-state index in [1.165, 1.54) is 0 Å². The highest BCUT2D eigenvalue weighted by atomic mass is 16.5. The Morgan fingerprint density at radius 1 is 0.826 bits per heavy atom.